The summed E-state index contributed by atoms with van der Waals surface area (Å²) >= 11 is 5.85. The second kappa shape index (κ2) is 6.11. The van der Waals surface area contributed by atoms with Gasteiger partial charge in [0.2, 0.25) is 0 Å². The van der Waals surface area contributed by atoms with E-state index in [2.05, 4.69) is 0 Å². The first kappa shape index (κ1) is 14.6. The molecular formula is C13H14ClNO5. The normalized spacial score (nSPS) is 18.7. The molecule has 1 N–H and O–H groups in total. The van der Waals surface area contributed by atoms with E-state index in [0.717, 1.165) is 0 Å². The summed E-state index contributed by atoms with van der Waals surface area (Å²) in [6.45, 7) is 0.518. The smallest absolute Gasteiger partial charge is 0.328 e. The number of nitrogens with zero attached hydrogens (tertiary/aromatic N) is 1. The highest BCUT2D eigenvalue weighted by atomic mass is 35.5. The van der Waals surface area contributed by atoms with Gasteiger partial charge in [-0.15, -0.1) is 0 Å². The first-order chi connectivity index (χ1) is 9.54. The number of ether oxygens (including phenoxy) is 2. The van der Waals surface area contributed by atoms with Crippen molar-refractivity contribution in [1.82, 2.24) is 4.90 Å². The Kier molecular flexibility index (Phi) is 4.46. The maximum absolute atomic E-state index is 12.5. The van der Waals surface area contributed by atoms with Crippen LogP contribution in [-0.2, 0) is 9.53 Å². The summed E-state index contributed by atoms with van der Waals surface area (Å²) in [5.74, 6) is -1.18. The standard InChI is InChI=1S/C13H14ClNO5/c1-19-11-6-8(14)2-3-9(11)12(16)15-4-5-20-7-10(15)13(17)18/h2-3,6,10H,4-5,7H2,1H3,(H,17,18). The van der Waals surface area contributed by atoms with Gasteiger partial charge >= 0.3 is 5.97 Å². The number of amides is 1. The van der Waals surface area contributed by atoms with Crippen molar-refractivity contribution in [1.29, 1.82) is 0 Å². The lowest BCUT2D eigenvalue weighted by Crippen LogP contribution is -2.52. The van der Waals surface area contributed by atoms with Crippen LogP contribution in [-0.4, -0.2) is 54.8 Å². The second-order valence-electron chi connectivity index (χ2n) is 4.27. The second-order valence-corrected chi connectivity index (χ2v) is 4.71. The Balaban J connectivity index is 2.32. The Hall–Kier alpha value is -1.79. The molecule has 0 bridgehead atoms. The lowest BCUT2D eigenvalue weighted by atomic mass is 10.1. The number of methoxy groups -OCH3 is 1. The average Bonchev–Trinajstić information content (AvgIpc) is 2.46. The van der Waals surface area contributed by atoms with Gasteiger partial charge in [0.05, 0.1) is 25.9 Å². The van der Waals surface area contributed by atoms with Crippen molar-refractivity contribution >= 4 is 23.5 Å². The minimum atomic E-state index is -1.09. The first-order valence-corrected chi connectivity index (χ1v) is 6.37. The molecule has 0 spiro atoms. The number of carboxylic acid groups (broad SMARTS) is 1. The van der Waals surface area contributed by atoms with Crippen LogP contribution >= 0.6 is 11.6 Å². The third-order valence-electron chi connectivity index (χ3n) is 3.07. The van der Waals surface area contributed by atoms with Gasteiger partial charge in [0.25, 0.3) is 5.91 Å². The van der Waals surface area contributed by atoms with Crippen molar-refractivity contribution in [3.63, 3.8) is 0 Å². The molecule has 0 radical (unpaired) electrons. The molecule has 1 aliphatic rings. The highest BCUT2D eigenvalue weighted by Crippen LogP contribution is 2.25. The van der Waals surface area contributed by atoms with Crippen molar-refractivity contribution < 1.29 is 24.2 Å². The number of carbonyl (C=O) groups excluding carboxylic acids is 1. The fourth-order valence-corrected chi connectivity index (χ4v) is 2.21. The Morgan fingerprint density at radius 2 is 2.25 bits per heavy atom. The van der Waals surface area contributed by atoms with E-state index in [-0.39, 0.29) is 18.7 Å². The monoisotopic (exact) mass is 299 g/mol. The molecule has 6 nitrogen and oxygen atoms in total. The molecule has 1 saturated heterocycles. The first-order valence-electron chi connectivity index (χ1n) is 5.99. The Labute approximate surface area is 120 Å². The Bertz CT molecular complexity index is 533. The molecule has 20 heavy (non-hydrogen) atoms. The molecule has 1 aromatic rings. The molecule has 1 amide bonds. The number of rotatable bonds is 3. The third-order valence-corrected chi connectivity index (χ3v) is 3.30. The zero-order valence-corrected chi connectivity index (χ0v) is 11.6. The van der Waals surface area contributed by atoms with E-state index in [1.165, 1.54) is 24.1 Å². The molecule has 1 aliphatic heterocycles. The highest BCUT2D eigenvalue weighted by Gasteiger charge is 2.34. The van der Waals surface area contributed by atoms with Crippen molar-refractivity contribution in [2.24, 2.45) is 0 Å². The predicted octanol–water partition coefficient (Wildman–Crippen LogP) is 1.27. The number of carboxylic acids is 1. The molecule has 7 heteroatoms. The average molecular weight is 300 g/mol. The largest absolute Gasteiger partial charge is 0.496 e. The van der Waals surface area contributed by atoms with E-state index in [0.29, 0.717) is 17.4 Å². The fourth-order valence-electron chi connectivity index (χ4n) is 2.05. The van der Waals surface area contributed by atoms with E-state index in [9.17, 15) is 9.59 Å². The van der Waals surface area contributed by atoms with Crippen LogP contribution in [0.25, 0.3) is 0 Å². The quantitative estimate of drug-likeness (QED) is 0.910. The van der Waals surface area contributed by atoms with Crippen LogP contribution in [0.4, 0.5) is 0 Å². The number of morpholine rings is 1. The van der Waals surface area contributed by atoms with Crippen molar-refractivity contribution in [3.05, 3.63) is 28.8 Å². The summed E-state index contributed by atoms with van der Waals surface area (Å²) in [4.78, 5) is 24.9. The molecule has 1 heterocycles. The minimum absolute atomic E-state index is 0.0169. The van der Waals surface area contributed by atoms with Crippen LogP contribution < -0.4 is 4.74 Å². The molecule has 1 fully saturated rings. The molecule has 0 aliphatic carbocycles. The maximum atomic E-state index is 12.5. The Morgan fingerprint density at radius 3 is 2.90 bits per heavy atom. The van der Waals surface area contributed by atoms with E-state index < -0.39 is 17.9 Å². The lowest BCUT2D eigenvalue weighted by Gasteiger charge is -2.33. The zero-order chi connectivity index (χ0) is 14.7. The van der Waals surface area contributed by atoms with Gasteiger partial charge in [0.15, 0.2) is 6.04 Å². The van der Waals surface area contributed by atoms with Crippen molar-refractivity contribution in [2.45, 2.75) is 6.04 Å². The maximum Gasteiger partial charge on any atom is 0.328 e. The van der Waals surface area contributed by atoms with Gasteiger partial charge in [-0.1, -0.05) is 11.6 Å². The van der Waals surface area contributed by atoms with E-state index in [1.54, 1.807) is 6.07 Å². The topological polar surface area (TPSA) is 76.1 Å². The van der Waals surface area contributed by atoms with Crippen LogP contribution in [0.3, 0.4) is 0 Å². The van der Waals surface area contributed by atoms with Crippen LogP contribution in [0, 0.1) is 0 Å². The number of aliphatic carboxylic acids is 1. The third kappa shape index (κ3) is 2.86. The summed E-state index contributed by atoms with van der Waals surface area (Å²) in [7, 11) is 1.43. The van der Waals surface area contributed by atoms with Gasteiger partial charge in [0, 0.05) is 11.6 Å². The molecular weight excluding hydrogens is 286 g/mol. The van der Waals surface area contributed by atoms with Gasteiger partial charge in [-0.25, -0.2) is 4.79 Å². The molecule has 0 saturated carbocycles. The van der Waals surface area contributed by atoms with E-state index in [1.807, 2.05) is 0 Å². The van der Waals surface area contributed by atoms with Crippen LogP contribution in [0.1, 0.15) is 10.4 Å². The number of carbonyl (C=O) groups is 2. The predicted molar refractivity (Wildman–Crippen MR) is 71.3 cm³/mol. The van der Waals surface area contributed by atoms with Gasteiger partial charge in [-0.2, -0.15) is 0 Å². The lowest BCUT2D eigenvalue weighted by molar-refractivity contribution is -0.147. The van der Waals surface area contributed by atoms with Crippen molar-refractivity contribution in [2.75, 3.05) is 26.9 Å². The Morgan fingerprint density at radius 1 is 1.50 bits per heavy atom. The zero-order valence-electron chi connectivity index (χ0n) is 10.8. The fraction of sp³-hybridized carbons (Fsp3) is 0.385. The number of hydrogen-bond donors (Lipinski definition) is 1. The minimum Gasteiger partial charge on any atom is -0.496 e. The van der Waals surface area contributed by atoms with Crippen molar-refractivity contribution in [3.8, 4) is 5.75 Å². The summed E-state index contributed by atoms with van der Waals surface area (Å²) in [6, 6.07) is 3.62. The summed E-state index contributed by atoms with van der Waals surface area (Å²) in [5.41, 5.74) is 0.282. The highest BCUT2D eigenvalue weighted by molar-refractivity contribution is 6.30. The number of benzene rings is 1. The molecule has 0 aromatic heterocycles. The van der Waals surface area contributed by atoms with Gasteiger partial charge in [-0.05, 0) is 18.2 Å². The molecule has 2 rings (SSSR count). The molecule has 1 atom stereocenters. The van der Waals surface area contributed by atoms with Gasteiger partial charge in [-0.3, -0.25) is 4.79 Å². The SMILES string of the molecule is COc1cc(Cl)ccc1C(=O)N1CCOCC1C(=O)O. The number of halogens is 1. The van der Waals surface area contributed by atoms with Gasteiger partial charge < -0.3 is 19.5 Å². The summed E-state index contributed by atoms with van der Waals surface area (Å²) < 4.78 is 10.2. The molecule has 1 unspecified atom stereocenters. The van der Waals surface area contributed by atoms with Crippen LogP contribution in [0.15, 0.2) is 18.2 Å². The number of hydrogen-bond acceptors (Lipinski definition) is 4. The van der Waals surface area contributed by atoms with E-state index >= 15 is 0 Å². The summed E-state index contributed by atoms with van der Waals surface area (Å²) in [6.07, 6.45) is 0. The van der Waals surface area contributed by atoms with E-state index in [4.69, 9.17) is 26.2 Å². The molecule has 1 aromatic carbocycles. The molecule has 108 valence electrons. The van der Waals surface area contributed by atoms with Crippen LogP contribution in [0.2, 0.25) is 5.02 Å². The van der Waals surface area contributed by atoms with Gasteiger partial charge in [0.1, 0.15) is 5.75 Å². The summed E-state index contributed by atoms with van der Waals surface area (Å²) in [5, 5.41) is 9.59. The van der Waals surface area contributed by atoms with Crippen LogP contribution in [0.5, 0.6) is 5.75 Å².